The molecule has 1 aromatic carbocycles. The summed E-state index contributed by atoms with van der Waals surface area (Å²) in [5.74, 6) is -0.522. The maximum Gasteiger partial charge on any atom is 0.263 e. The fourth-order valence-corrected chi connectivity index (χ4v) is 3.44. The number of benzene rings is 1. The highest BCUT2D eigenvalue weighted by Gasteiger charge is 2.17. The Morgan fingerprint density at radius 1 is 1.47 bits per heavy atom. The Labute approximate surface area is 114 Å². The summed E-state index contributed by atoms with van der Waals surface area (Å²) in [7, 11) is -3.77. The van der Waals surface area contributed by atoms with Gasteiger partial charge < -0.3 is 5.73 Å². The Bertz CT molecular complexity index is 698. The first-order valence-corrected chi connectivity index (χ1v) is 7.72. The summed E-state index contributed by atoms with van der Waals surface area (Å²) in [6, 6.07) is 3.50. The molecule has 2 rings (SSSR count). The Balaban J connectivity index is 2.34. The molecule has 0 unspecified atom stereocenters. The monoisotopic (exact) mass is 301 g/mol. The molecule has 0 aliphatic carbocycles. The minimum atomic E-state index is -3.77. The van der Waals surface area contributed by atoms with Gasteiger partial charge in [-0.1, -0.05) is 0 Å². The summed E-state index contributed by atoms with van der Waals surface area (Å²) in [5, 5.41) is 2.00. The molecule has 1 heterocycles. The minimum absolute atomic E-state index is 0.0396. The van der Waals surface area contributed by atoms with Crippen molar-refractivity contribution in [3.05, 3.63) is 40.7 Å². The molecule has 0 fully saturated rings. The van der Waals surface area contributed by atoms with Crippen LogP contribution in [0.3, 0.4) is 0 Å². The van der Waals surface area contributed by atoms with Crippen LogP contribution in [-0.4, -0.2) is 13.4 Å². The highest BCUT2D eigenvalue weighted by Crippen LogP contribution is 2.21. The first-order chi connectivity index (χ1) is 8.92. The zero-order valence-electron chi connectivity index (χ0n) is 10.1. The van der Waals surface area contributed by atoms with Crippen molar-refractivity contribution in [3.8, 4) is 0 Å². The Morgan fingerprint density at radius 3 is 2.79 bits per heavy atom. The van der Waals surface area contributed by atoms with Crippen molar-refractivity contribution in [2.75, 3.05) is 4.72 Å². The molecular weight excluding hydrogens is 289 g/mol. The third kappa shape index (κ3) is 3.09. The molecule has 0 bridgehead atoms. The standard InChI is InChI=1S/C11H12FN3O2S2/c1-7-6-18-11(14-7)15-19(16,17)9-2-3-10(12)8(4-9)5-13/h2-4,6H,5,13H2,1H3,(H,14,15). The van der Waals surface area contributed by atoms with Crippen LogP contribution in [0.5, 0.6) is 0 Å². The van der Waals surface area contributed by atoms with E-state index in [1.807, 2.05) is 0 Å². The van der Waals surface area contributed by atoms with E-state index < -0.39 is 15.8 Å². The highest BCUT2D eigenvalue weighted by molar-refractivity contribution is 7.93. The second-order valence-electron chi connectivity index (χ2n) is 3.86. The number of nitrogens with zero attached hydrogens (tertiary/aromatic N) is 1. The second kappa shape index (κ2) is 5.24. The number of rotatable bonds is 4. The zero-order chi connectivity index (χ0) is 14.0. The number of hydrogen-bond acceptors (Lipinski definition) is 5. The van der Waals surface area contributed by atoms with E-state index in [-0.39, 0.29) is 22.1 Å². The molecule has 0 saturated heterocycles. The lowest BCUT2D eigenvalue weighted by Crippen LogP contribution is -2.14. The number of hydrogen-bond donors (Lipinski definition) is 2. The van der Waals surface area contributed by atoms with E-state index in [2.05, 4.69) is 9.71 Å². The van der Waals surface area contributed by atoms with Gasteiger partial charge in [0.2, 0.25) is 0 Å². The second-order valence-corrected chi connectivity index (χ2v) is 6.40. The Hall–Kier alpha value is -1.51. The molecule has 0 radical (unpaired) electrons. The van der Waals surface area contributed by atoms with Gasteiger partial charge in [0, 0.05) is 17.5 Å². The molecule has 1 aromatic heterocycles. The molecule has 0 aliphatic heterocycles. The molecule has 102 valence electrons. The Kier molecular flexibility index (Phi) is 3.83. The van der Waals surface area contributed by atoms with Gasteiger partial charge in [-0.15, -0.1) is 11.3 Å². The fraction of sp³-hybridized carbons (Fsp3) is 0.182. The van der Waals surface area contributed by atoms with Crippen molar-refractivity contribution >= 4 is 26.5 Å². The lowest BCUT2D eigenvalue weighted by atomic mass is 10.2. The summed E-state index contributed by atoms with van der Waals surface area (Å²) < 4.78 is 39.8. The molecule has 19 heavy (non-hydrogen) atoms. The lowest BCUT2D eigenvalue weighted by Gasteiger charge is -2.07. The fourth-order valence-electron chi connectivity index (χ4n) is 1.45. The van der Waals surface area contributed by atoms with Gasteiger partial charge in [0.15, 0.2) is 5.13 Å². The van der Waals surface area contributed by atoms with Crippen LogP contribution in [0, 0.1) is 12.7 Å². The number of anilines is 1. The minimum Gasteiger partial charge on any atom is -0.326 e. The number of nitrogens with one attached hydrogen (secondary N) is 1. The topological polar surface area (TPSA) is 85.1 Å². The van der Waals surface area contributed by atoms with E-state index in [9.17, 15) is 12.8 Å². The number of aryl methyl sites for hydroxylation is 1. The van der Waals surface area contributed by atoms with E-state index in [1.165, 1.54) is 23.5 Å². The van der Waals surface area contributed by atoms with E-state index >= 15 is 0 Å². The molecule has 0 aliphatic rings. The number of sulfonamides is 1. The molecule has 0 amide bonds. The number of nitrogens with two attached hydrogens (primary N) is 1. The molecule has 3 N–H and O–H groups in total. The molecule has 0 saturated carbocycles. The summed E-state index contributed by atoms with van der Waals surface area (Å²) >= 11 is 1.18. The van der Waals surface area contributed by atoms with Gasteiger partial charge in [0.25, 0.3) is 10.0 Å². The van der Waals surface area contributed by atoms with Crippen molar-refractivity contribution in [1.29, 1.82) is 0 Å². The summed E-state index contributed by atoms with van der Waals surface area (Å²) in [5.41, 5.74) is 6.23. The predicted molar refractivity (Wildman–Crippen MR) is 72.0 cm³/mol. The van der Waals surface area contributed by atoms with Crippen LogP contribution in [0.15, 0.2) is 28.5 Å². The van der Waals surface area contributed by atoms with Crippen LogP contribution >= 0.6 is 11.3 Å². The van der Waals surface area contributed by atoms with Gasteiger partial charge in [-0.2, -0.15) is 0 Å². The third-order valence-electron chi connectivity index (χ3n) is 2.39. The maximum absolute atomic E-state index is 13.3. The van der Waals surface area contributed by atoms with Crippen LogP contribution in [0.2, 0.25) is 0 Å². The normalized spacial score (nSPS) is 11.5. The third-order valence-corrected chi connectivity index (χ3v) is 4.73. The molecule has 0 spiro atoms. The molecule has 5 nitrogen and oxygen atoms in total. The number of thiazole rings is 1. The van der Waals surface area contributed by atoms with Crippen LogP contribution in [0.1, 0.15) is 11.3 Å². The van der Waals surface area contributed by atoms with Crippen molar-refractivity contribution < 1.29 is 12.8 Å². The van der Waals surface area contributed by atoms with Crippen LogP contribution in [-0.2, 0) is 16.6 Å². The van der Waals surface area contributed by atoms with Crippen molar-refractivity contribution in [1.82, 2.24) is 4.98 Å². The molecule has 0 atom stereocenters. The van der Waals surface area contributed by atoms with Gasteiger partial charge in [-0.25, -0.2) is 17.8 Å². The van der Waals surface area contributed by atoms with Crippen LogP contribution in [0.25, 0.3) is 0 Å². The summed E-state index contributed by atoms with van der Waals surface area (Å²) in [6.07, 6.45) is 0. The smallest absolute Gasteiger partial charge is 0.263 e. The van der Waals surface area contributed by atoms with Crippen LogP contribution in [0.4, 0.5) is 9.52 Å². The van der Waals surface area contributed by atoms with Crippen LogP contribution < -0.4 is 10.5 Å². The van der Waals surface area contributed by atoms with Gasteiger partial charge in [0.1, 0.15) is 5.82 Å². The maximum atomic E-state index is 13.3. The summed E-state index contributed by atoms with van der Waals surface area (Å²) in [4.78, 5) is 3.97. The van der Waals surface area contributed by atoms with Gasteiger partial charge in [0.05, 0.1) is 10.6 Å². The average molecular weight is 301 g/mol. The first-order valence-electron chi connectivity index (χ1n) is 5.36. The average Bonchev–Trinajstić information content (AvgIpc) is 2.74. The predicted octanol–water partition coefficient (Wildman–Crippen LogP) is 1.85. The lowest BCUT2D eigenvalue weighted by molar-refractivity contribution is 0.596. The molecular formula is C11H12FN3O2S2. The SMILES string of the molecule is Cc1csc(NS(=O)(=O)c2ccc(F)c(CN)c2)n1. The number of aromatic nitrogens is 1. The van der Waals surface area contributed by atoms with E-state index in [1.54, 1.807) is 12.3 Å². The quantitative estimate of drug-likeness (QED) is 0.902. The number of halogens is 1. The van der Waals surface area contributed by atoms with E-state index in [0.29, 0.717) is 0 Å². The van der Waals surface area contributed by atoms with E-state index in [0.717, 1.165) is 11.8 Å². The van der Waals surface area contributed by atoms with Crippen molar-refractivity contribution in [2.45, 2.75) is 18.4 Å². The van der Waals surface area contributed by atoms with E-state index in [4.69, 9.17) is 5.73 Å². The van der Waals surface area contributed by atoms with Gasteiger partial charge in [-0.05, 0) is 25.1 Å². The van der Waals surface area contributed by atoms with Gasteiger partial charge >= 0.3 is 0 Å². The van der Waals surface area contributed by atoms with Gasteiger partial charge in [-0.3, -0.25) is 4.72 Å². The largest absolute Gasteiger partial charge is 0.326 e. The van der Waals surface area contributed by atoms with Crippen molar-refractivity contribution in [2.24, 2.45) is 5.73 Å². The molecule has 8 heteroatoms. The highest BCUT2D eigenvalue weighted by atomic mass is 32.2. The summed E-state index contributed by atoms with van der Waals surface area (Å²) in [6.45, 7) is 1.70. The molecule has 2 aromatic rings. The zero-order valence-corrected chi connectivity index (χ0v) is 11.7. The first kappa shape index (κ1) is 13.9. The van der Waals surface area contributed by atoms with Crippen molar-refractivity contribution in [3.63, 3.8) is 0 Å². The Morgan fingerprint density at radius 2 is 2.21 bits per heavy atom.